The predicted molar refractivity (Wildman–Crippen MR) is 171 cm³/mol. The second kappa shape index (κ2) is 13.0. The van der Waals surface area contributed by atoms with Gasteiger partial charge in [0.2, 0.25) is 0 Å². The van der Waals surface area contributed by atoms with Gasteiger partial charge >= 0.3 is 6.18 Å². The fraction of sp³-hybridized carbons (Fsp3) is 0.129. The molecule has 0 unspecified atom stereocenters. The van der Waals surface area contributed by atoms with Crippen molar-refractivity contribution in [3.63, 3.8) is 0 Å². The Morgan fingerprint density at radius 1 is 0.907 bits per heavy atom. The summed E-state index contributed by atoms with van der Waals surface area (Å²) in [5.74, 6) is 0.893. The molecule has 0 aliphatic rings. The van der Waals surface area contributed by atoms with Gasteiger partial charge in [-0.2, -0.15) is 22.9 Å². The summed E-state index contributed by atoms with van der Waals surface area (Å²) >= 11 is 10.5. The van der Waals surface area contributed by atoms with Gasteiger partial charge in [0.05, 0.1) is 29.3 Å². The van der Waals surface area contributed by atoms with E-state index in [1.54, 1.807) is 36.4 Å². The number of aromatic nitrogens is 2. The summed E-state index contributed by atoms with van der Waals surface area (Å²) in [7, 11) is 0. The van der Waals surface area contributed by atoms with Crippen molar-refractivity contribution in [3.8, 4) is 22.9 Å². The maximum Gasteiger partial charge on any atom is 0.416 e. The van der Waals surface area contributed by atoms with Crippen LogP contribution < -0.4 is 15.0 Å². The molecule has 43 heavy (non-hydrogen) atoms. The van der Waals surface area contributed by atoms with Crippen molar-refractivity contribution in [2.45, 2.75) is 19.7 Å². The topological polar surface area (TPSA) is 65.7 Å². The van der Waals surface area contributed by atoms with Crippen LogP contribution in [0, 0.1) is 0 Å². The average Bonchev–Trinajstić information content (AvgIpc) is 2.97. The summed E-state index contributed by atoms with van der Waals surface area (Å²) in [5, 5.41) is 4.67. The van der Waals surface area contributed by atoms with Crippen LogP contribution in [-0.4, -0.2) is 22.5 Å². The Morgan fingerprint density at radius 2 is 1.67 bits per heavy atom. The van der Waals surface area contributed by atoms with Crippen molar-refractivity contribution >= 4 is 64.9 Å². The molecule has 0 saturated carbocycles. The molecule has 0 fully saturated rings. The highest BCUT2D eigenvalue weighted by Gasteiger charge is 2.31. The number of alkyl halides is 3. The first kappa shape index (κ1) is 31.0. The van der Waals surface area contributed by atoms with Crippen LogP contribution in [0.25, 0.3) is 22.3 Å². The Hall–Kier alpha value is -3.48. The van der Waals surface area contributed by atoms with Gasteiger partial charge in [-0.1, -0.05) is 62.2 Å². The first-order chi connectivity index (χ1) is 20.5. The minimum absolute atomic E-state index is 0.0350. The van der Waals surface area contributed by atoms with Crippen LogP contribution >= 0.6 is 47.8 Å². The summed E-state index contributed by atoms with van der Waals surface area (Å²) in [4.78, 5) is 18.0. The smallest absolute Gasteiger partial charge is 0.416 e. The van der Waals surface area contributed by atoms with E-state index in [9.17, 15) is 18.0 Å². The molecule has 0 bridgehead atoms. The van der Waals surface area contributed by atoms with E-state index in [2.05, 4.69) is 57.9 Å². The van der Waals surface area contributed by atoms with Crippen LogP contribution in [0.4, 0.5) is 13.2 Å². The van der Waals surface area contributed by atoms with E-state index >= 15 is 0 Å². The molecule has 0 saturated heterocycles. The molecule has 6 nitrogen and oxygen atoms in total. The molecule has 5 rings (SSSR count). The van der Waals surface area contributed by atoms with Gasteiger partial charge < -0.3 is 9.47 Å². The molecular weight excluding hydrogens is 759 g/mol. The molecule has 0 atom stereocenters. The minimum atomic E-state index is -4.57. The lowest BCUT2D eigenvalue weighted by molar-refractivity contribution is -0.137. The Kier molecular flexibility index (Phi) is 9.38. The van der Waals surface area contributed by atoms with E-state index in [-0.39, 0.29) is 23.4 Å². The van der Waals surface area contributed by atoms with Crippen LogP contribution in [0.2, 0.25) is 0 Å². The van der Waals surface area contributed by atoms with Crippen LogP contribution in [0.5, 0.6) is 11.5 Å². The molecule has 0 spiro atoms. The average molecular weight is 780 g/mol. The number of hydrogen-bond acceptors (Lipinski definition) is 5. The molecule has 1 aromatic heterocycles. The number of nitrogens with zero attached hydrogens (tertiary/aromatic N) is 3. The van der Waals surface area contributed by atoms with E-state index in [1.165, 1.54) is 18.3 Å². The third-order valence-corrected chi connectivity index (χ3v) is 8.19. The van der Waals surface area contributed by atoms with E-state index in [0.29, 0.717) is 33.7 Å². The van der Waals surface area contributed by atoms with Gasteiger partial charge in [0.15, 0.2) is 17.3 Å². The molecule has 0 aliphatic heterocycles. The van der Waals surface area contributed by atoms with Gasteiger partial charge in [-0.15, -0.1) is 0 Å². The third kappa shape index (κ3) is 7.02. The minimum Gasteiger partial charge on any atom is -0.490 e. The normalized spacial score (nSPS) is 11.8. The van der Waals surface area contributed by atoms with Crippen molar-refractivity contribution in [2.75, 3.05) is 6.61 Å². The Balaban J connectivity index is 1.56. The number of fused-ring (bicyclic) bond motifs is 1. The number of halogens is 6. The highest BCUT2D eigenvalue weighted by Crippen LogP contribution is 2.35. The molecule has 1 heterocycles. The van der Waals surface area contributed by atoms with Gasteiger partial charge in [-0.25, -0.2) is 4.98 Å². The number of para-hydroxylation sites is 1. The molecule has 5 aromatic rings. The van der Waals surface area contributed by atoms with E-state index in [1.807, 2.05) is 25.1 Å². The fourth-order valence-corrected chi connectivity index (χ4v) is 5.78. The number of rotatable bonds is 8. The van der Waals surface area contributed by atoms with Crippen LogP contribution in [0.15, 0.2) is 102 Å². The fourth-order valence-electron chi connectivity index (χ4n) is 4.20. The largest absolute Gasteiger partial charge is 0.490 e. The van der Waals surface area contributed by atoms with E-state index in [0.717, 1.165) is 31.3 Å². The first-order valence-electron chi connectivity index (χ1n) is 12.8. The van der Waals surface area contributed by atoms with Gasteiger partial charge in [0.1, 0.15) is 6.61 Å². The van der Waals surface area contributed by atoms with Crippen molar-refractivity contribution in [1.29, 1.82) is 0 Å². The first-order valence-corrected chi connectivity index (χ1v) is 15.2. The lowest BCUT2D eigenvalue weighted by atomic mass is 10.1. The summed E-state index contributed by atoms with van der Waals surface area (Å²) in [6.07, 6.45) is -3.16. The van der Waals surface area contributed by atoms with Crippen molar-refractivity contribution in [3.05, 3.63) is 119 Å². The van der Waals surface area contributed by atoms with E-state index < -0.39 is 17.3 Å². The zero-order valence-electron chi connectivity index (χ0n) is 22.3. The lowest BCUT2D eigenvalue weighted by Crippen LogP contribution is -2.20. The maximum absolute atomic E-state index is 13.5. The molecule has 0 radical (unpaired) electrons. The zero-order valence-corrected chi connectivity index (χ0v) is 27.1. The molecule has 0 aliphatic carbocycles. The van der Waals surface area contributed by atoms with Crippen LogP contribution in [-0.2, 0) is 12.8 Å². The molecule has 0 amide bonds. The van der Waals surface area contributed by atoms with Gasteiger partial charge in [-0.05, 0) is 71.4 Å². The maximum atomic E-state index is 13.5. The van der Waals surface area contributed by atoms with Crippen molar-refractivity contribution in [1.82, 2.24) is 9.66 Å². The molecule has 4 aromatic carbocycles. The monoisotopic (exact) mass is 777 g/mol. The van der Waals surface area contributed by atoms with Crippen molar-refractivity contribution in [2.24, 2.45) is 5.10 Å². The third-order valence-electron chi connectivity index (χ3n) is 6.28. The van der Waals surface area contributed by atoms with Crippen LogP contribution in [0.1, 0.15) is 23.6 Å². The summed E-state index contributed by atoms with van der Waals surface area (Å²) in [5.41, 5.74) is 0.499. The Morgan fingerprint density at radius 3 is 2.42 bits per heavy atom. The van der Waals surface area contributed by atoms with Crippen LogP contribution in [0.3, 0.4) is 0 Å². The van der Waals surface area contributed by atoms with Gasteiger partial charge in [0, 0.05) is 30.1 Å². The second-order valence-electron chi connectivity index (χ2n) is 9.17. The molecular formula is C31H21Br3F3N3O3. The summed E-state index contributed by atoms with van der Waals surface area (Å²) in [6, 6.07) is 20.4. The predicted octanol–water partition coefficient (Wildman–Crippen LogP) is 9.23. The number of hydrogen-bond donors (Lipinski definition) is 0. The zero-order chi connectivity index (χ0) is 30.7. The molecule has 220 valence electrons. The Labute approximate surface area is 269 Å². The van der Waals surface area contributed by atoms with Crippen molar-refractivity contribution < 1.29 is 22.6 Å². The van der Waals surface area contributed by atoms with Gasteiger partial charge in [-0.3, -0.25) is 4.79 Å². The number of benzene rings is 4. The summed E-state index contributed by atoms with van der Waals surface area (Å²) in [6.45, 7) is 2.48. The SMILES string of the molecule is CCOc1cc(C=Nn2c(-c3cccc(C(F)(F)F)c3)nc3ccccc3c2=O)c(Br)cc1OCc1ccc(Br)cc1Br. The molecule has 0 N–H and O–H groups in total. The highest BCUT2D eigenvalue weighted by molar-refractivity contribution is 9.11. The quantitative estimate of drug-likeness (QED) is 0.147. The standard InChI is InChI=1S/C31H21Br3F3N3O3/c1-2-42-27-13-20(25(34)15-28(27)43-17-19-10-11-22(32)14-24(19)33)16-38-40-29(18-6-5-7-21(12-18)31(35,36)37)39-26-9-4-3-8-23(26)30(40)41/h3-16H,2,17H2,1H3. The second-order valence-corrected chi connectivity index (χ2v) is 11.8. The van der Waals surface area contributed by atoms with E-state index in [4.69, 9.17) is 9.47 Å². The Bertz CT molecular complexity index is 1910. The number of ether oxygens (including phenoxy) is 2. The van der Waals surface area contributed by atoms with Gasteiger partial charge in [0.25, 0.3) is 5.56 Å². The highest BCUT2D eigenvalue weighted by atomic mass is 79.9. The molecule has 12 heteroatoms. The lowest BCUT2D eigenvalue weighted by Gasteiger charge is -2.15. The summed E-state index contributed by atoms with van der Waals surface area (Å²) < 4.78 is 55.8.